The predicted octanol–water partition coefficient (Wildman–Crippen LogP) is 2.05. The smallest absolute Gasteiger partial charge is 0.257 e. The van der Waals surface area contributed by atoms with Crippen molar-refractivity contribution in [3.63, 3.8) is 0 Å². The Balaban J connectivity index is 1.36. The summed E-state index contributed by atoms with van der Waals surface area (Å²) in [7, 11) is 1.67. The van der Waals surface area contributed by atoms with Crippen molar-refractivity contribution in [3.8, 4) is 5.75 Å². The minimum atomic E-state index is 0.00765. The number of aromatic nitrogens is 2. The molecular weight excluding hydrogens is 342 g/mol. The van der Waals surface area contributed by atoms with Gasteiger partial charge >= 0.3 is 0 Å². The van der Waals surface area contributed by atoms with E-state index in [1.165, 1.54) is 12.8 Å². The van der Waals surface area contributed by atoms with Gasteiger partial charge in [0, 0.05) is 63.4 Å². The van der Waals surface area contributed by atoms with Gasteiger partial charge in [-0.2, -0.15) is 0 Å². The molecule has 0 spiro atoms. The molecule has 2 fully saturated rings. The Bertz CT molecular complexity index is 781. The Labute approximate surface area is 159 Å². The number of hydrogen-bond acceptors (Lipinski definition) is 6. The second-order valence-corrected chi connectivity index (χ2v) is 6.95. The molecule has 2 saturated heterocycles. The molecule has 7 heteroatoms. The summed E-state index contributed by atoms with van der Waals surface area (Å²) < 4.78 is 5.30. The quantitative estimate of drug-likeness (QED) is 0.824. The molecule has 0 atom stereocenters. The van der Waals surface area contributed by atoms with Crippen molar-refractivity contribution >= 4 is 17.5 Å². The second-order valence-electron chi connectivity index (χ2n) is 6.95. The van der Waals surface area contributed by atoms with Crippen molar-refractivity contribution in [3.05, 3.63) is 42.2 Å². The van der Waals surface area contributed by atoms with Gasteiger partial charge in [-0.05, 0) is 25.0 Å². The minimum absolute atomic E-state index is 0.00765. The summed E-state index contributed by atoms with van der Waals surface area (Å²) in [5, 5.41) is 0. The number of amides is 1. The lowest BCUT2D eigenvalue weighted by atomic mass is 10.2. The number of hydrogen-bond donors (Lipinski definition) is 0. The summed E-state index contributed by atoms with van der Waals surface area (Å²) in [5.41, 5.74) is 1.69. The Morgan fingerprint density at radius 2 is 1.67 bits per heavy atom. The number of methoxy groups -OCH3 is 1. The van der Waals surface area contributed by atoms with Gasteiger partial charge < -0.3 is 19.4 Å². The first kappa shape index (κ1) is 17.6. The highest BCUT2D eigenvalue weighted by molar-refractivity contribution is 5.93. The molecule has 142 valence electrons. The number of nitrogens with zero attached hydrogens (tertiary/aromatic N) is 5. The van der Waals surface area contributed by atoms with Crippen molar-refractivity contribution in [2.45, 2.75) is 12.8 Å². The Hall–Kier alpha value is -2.83. The highest BCUT2D eigenvalue weighted by Gasteiger charge is 2.23. The van der Waals surface area contributed by atoms with Gasteiger partial charge in [0.25, 0.3) is 5.91 Å². The van der Waals surface area contributed by atoms with E-state index in [4.69, 9.17) is 4.74 Å². The molecule has 0 aliphatic carbocycles. The molecule has 0 bridgehead atoms. The maximum atomic E-state index is 12.8. The van der Waals surface area contributed by atoms with E-state index >= 15 is 0 Å². The van der Waals surface area contributed by atoms with E-state index in [1.807, 2.05) is 23.1 Å². The lowest BCUT2D eigenvalue weighted by Crippen LogP contribution is -2.48. The van der Waals surface area contributed by atoms with E-state index in [0.717, 1.165) is 43.6 Å². The van der Waals surface area contributed by atoms with Crippen LogP contribution in [0.3, 0.4) is 0 Å². The number of benzene rings is 1. The monoisotopic (exact) mass is 367 g/mol. The van der Waals surface area contributed by atoms with Gasteiger partial charge in [-0.3, -0.25) is 4.79 Å². The van der Waals surface area contributed by atoms with Crippen LogP contribution in [0.4, 0.5) is 11.6 Å². The van der Waals surface area contributed by atoms with Crippen LogP contribution in [0.15, 0.2) is 36.7 Å². The number of rotatable bonds is 4. The fourth-order valence-corrected chi connectivity index (χ4v) is 3.67. The fraction of sp³-hybridized carbons (Fsp3) is 0.450. The maximum Gasteiger partial charge on any atom is 0.257 e. The third kappa shape index (κ3) is 3.82. The third-order valence-corrected chi connectivity index (χ3v) is 5.26. The molecule has 0 N–H and O–H groups in total. The zero-order chi connectivity index (χ0) is 18.6. The molecule has 2 aliphatic rings. The molecule has 7 nitrogen and oxygen atoms in total. The zero-order valence-corrected chi connectivity index (χ0v) is 15.7. The summed E-state index contributed by atoms with van der Waals surface area (Å²) >= 11 is 0. The molecule has 3 heterocycles. The van der Waals surface area contributed by atoms with Crippen molar-refractivity contribution in [1.29, 1.82) is 0 Å². The minimum Gasteiger partial charge on any atom is -0.497 e. The molecule has 4 rings (SSSR count). The Kier molecular flexibility index (Phi) is 5.09. The Morgan fingerprint density at radius 1 is 0.963 bits per heavy atom. The summed E-state index contributed by atoms with van der Waals surface area (Å²) in [6.07, 6.45) is 5.69. The summed E-state index contributed by atoms with van der Waals surface area (Å²) in [6.45, 7) is 4.96. The lowest BCUT2D eigenvalue weighted by molar-refractivity contribution is 0.0746. The van der Waals surface area contributed by atoms with Crippen LogP contribution in [0.5, 0.6) is 5.75 Å². The highest BCUT2D eigenvalue weighted by Crippen LogP contribution is 2.22. The van der Waals surface area contributed by atoms with E-state index in [2.05, 4.69) is 25.8 Å². The Morgan fingerprint density at radius 3 is 2.33 bits per heavy atom. The molecule has 2 aromatic rings. The normalized spacial score (nSPS) is 17.3. The van der Waals surface area contributed by atoms with E-state index in [9.17, 15) is 4.79 Å². The third-order valence-electron chi connectivity index (χ3n) is 5.26. The SMILES string of the molecule is COc1cccc(N2CCN(C(=O)c3cnc(N4CCCC4)nc3)CC2)c1. The zero-order valence-electron chi connectivity index (χ0n) is 15.7. The molecule has 0 saturated carbocycles. The van der Waals surface area contributed by atoms with Gasteiger partial charge in [-0.15, -0.1) is 0 Å². The van der Waals surface area contributed by atoms with Crippen molar-refractivity contribution < 1.29 is 9.53 Å². The van der Waals surface area contributed by atoms with Crippen LogP contribution >= 0.6 is 0 Å². The first-order valence-corrected chi connectivity index (χ1v) is 9.50. The van der Waals surface area contributed by atoms with Gasteiger partial charge in [-0.25, -0.2) is 9.97 Å². The fourth-order valence-electron chi connectivity index (χ4n) is 3.67. The first-order valence-electron chi connectivity index (χ1n) is 9.50. The topological polar surface area (TPSA) is 61.8 Å². The predicted molar refractivity (Wildman–Crippen MR) is 105 cm³/mol. The van der Waals surface area contributed by atoms with Crippen LogP contribution < -0.4 is 14.5 Å². The van der Waals surface area contributed by atoms with Gasteiger partial charge in [0.1, 0.15) is 5.75 Å². The number of anilines is 2. The van der Waals surface area contributed by atoms with E-state index in [-0.39, 0.29) is 5.91 Å². The summed E-state index contributed by atoms with van der Waals surface area (Å²) in [4.78, 5) is 27.9. The van der Waals surface area contributed by atoms with Crippen LogP contribution in [0.25, 0.3) is 0 Å². The molecule has 0 radical (unpaired) electrons. The number of carbonyl (C=O) groups is 1. The highest BCUT2D eigenvalue weighted by atomic mass is 16.5. The van der Waals surface area contributed by atoms with Crippen molar-refractivity contribution in [2.75, 3.05) is 56.2 Å². The molecule has 27 heavy (non-hydrogen) atoms. The number of ether oxygens (including phenoxy) is 1. The van der Waals surface area contributed by atoms with Crippen molar-refractivity contribution in [1.82, 2.24) is 14.9 Å². The van der Waals surface area contributed by atoms with Crippen LogP contribution in [0.1, 0.15) is 23.2 Å². The van der Waals surface area contributed by atoms with Crippen LogP contribution in [-0.2, 0) is 0 Å². The molecule has 1 amide bonds. The molecule has 1 aromatic carbocycles. The molecule has 2 aliphatic heterocycles. The van der Waals surface area contributed by atoms with Crippen LogP contribution in [0, 0.1) is 0 Å². The van der Waals surface area contributed by atoms with E-state index in [0.29, 0.717) is 18.7 Å². The largest absolute Gasteiger partial charge is 0.497 e. The lowest BCUT2D eigenvalue weighted by Gasteiger charge is -2.36. The van der Waals surface area contributed by atoms with Gasteiger partial charge in [0.05, 0.1) is 12.7 Å². The molecule has 1 aromatic heterocycles. The maximum absolute atomic E-state index is 12.8. The van der Waals surface area contributed by atoms with Crippen molar-refractivity contribution in [2.24, 2.45) is 0 Å². The van der Waals surface area contributed by atoms with Crippen LogP contribution in [-0.4, -0.2) is 67.2 Å². The summed E-state index contributed by atoms with van der Waals surface area (Å²) in [6, 6.07) is 8.04. The van der Waals surface area contributed by atoms with E-state index < -0.39 is 0 Å². The molecule has 0 unspecified atom stereocenters. The average molecular weight is 367 g/mol. The standard InChI is InChI=1S/C20H25N5O2/c1-27-18-6-4-5-17(13-18)23-9-11-24(12-10-23)19(26)16-14-21-20(22-15-16)25-7-2-3-8-25/h4-6,13-15H,2-3,7-12H2,1H3. The van der Waals surface area contributed by atoms with Crippen LogP contribution in [0.2, 0.25) is 0 Å². The second kappa shape index (κ2) is 7.82. The average Bonchev–Trinajstić information content (AvgIpc) is 3.28. The van der Waals surface area contributed by atoms with E-state index in [1.54, 1.807) is 19.5 Å². The van der Waals surface area contributed by atoms with Gasteiger partial charge in [0.2, 0.25) is 5.95 Å². The summed E-state index contributed by atoms with van der Waals surface area (Å²) in [5.74, 6) is 1.58. The van der Waals surface area contributed by atoms with Gasteiger partial charge in [0.15, 0.2) is 0 Å². The van der Waals surface area contributed by atoms with Gasteiger partial charge in [-0.1, -0.05) is 6.07 Å². The first-order chi connectivity index (χ1) is 13.2. The number of piperazine rings is 1. The molecular formula is C20H25N5O2. The number of carbonyl (C=O) groups excluding carboxylic acids is 1.